The molecule has 1 fully saturated rings. The summed E-state index contributed by atoms with van der Waals surface area (Å²) in [6.07, 6.45) is -5.54. The first kappa shape index (κ1) is 25.1. The van der Waals surface area contributed by atoms with Crippen molar-refractivity contribution in [2.75, 3.05) is 12.3 Å². The SMILES string of the molecule is Nc1nc2c(ncn2[C@@H]2O[C@H](COP(=O)([O-])OP(=O)([O-])NP(=O)([O-])[O-])[C@@H](O)[C@H]2O)c(=O)[nH]1. The summed E-state index contributed by atoms with van der Waals surface area (Å²) in [6, 6.07) is 0. The number of phosphoric ester groups is 1. The number of imidazole rings is 1. The van der Waals surface area contributed by atoms with Gasteiger partial charge >= 0.3 is 0 Å². The number of fused-ring (bicyclic) bond motifs is 1. The number of aliphatic hydroxyl groups is 2. The number of hydrogen-bond acceptors (Lipinski definition) is 16. The molecule has 2 unspecified atom stereocenters. The van der Waals surface area contributed by atoms with Crippen molar-refractivity contribution in [1.82, 2.24) is 24.4 Å². The van der Waals surface area contributed by atoms with E-state index >= 15 is 0 Å². The van der Waals surface area contributed by atoms with Gasteiger partial charge in [-0.25, -0.2) is 9.84 Å². The molecule has 0 saturated carbocycles. The molecular weight excluding hydrogens is 505 g/mol. The number of nitrogens with zero attached hydrogens (tertiary/aromatic N) is 3. The fraction of sp³-hybridized carbons (Fsp3) is 0.500. The molecule has 0 aromatic carbocycles. The van der Waals surface area contributed by atoms with E-state index in [1.807, 2.05) is 0 Å². The van der Waals surface area contributed by atoms with Crippen LogP contribution in [0.5, 0.6) is 0 Å². The van der Waals surface area contributed by atoms with Crippen LogP contribution >= 0.6 is 23.3 Å². The Bertz CT molecular complexity index is 1210. The van der Waals surface area contributed by atoms with Crippen molar-refractivity contribution in [1.29, 1.82) is 0 Å². The van der Waals surface area contributed by atoms with Gasteiger partial charge in [-0.15, -0.1) is 0 Å². The lowest BCUT2D eigenvalue weighted by Crippen LogP contribution is -2.34. The zero-order valence-corrected chi connectivity index (χ0v) is 17.9. The van der Waals surface area contributed by atoms with Crippen molar-refractivity contribution < 1.29 is 57.1 Å². The van der Waals surface area contributed by atoms with Crippen LogP contribution in [-0.4, -0.2) is 54.7 Å². The minimum absolute atomic E-state index is 0.139. The van der Waals surface area contributed by atoms with Crippen molar-refractivity contribution in [3.8, 4) is 0 Å². The largest absolute Gasteiger partial charge is 0.799 e. The van der Waals surface area contributed by atoms with E-state index in [0.717, 1.165) is 10.9 Å². The highest BCUT2D eigenvalue weighted by atomic mass is 31.3. The number of phosphoric acid groups is 1. The molecule has 22 heteroatoms. The van der Waals surface area contributed by atoms with Crippen LogP contribution < -0.4 is 35.7 Å². The molecule has 6 atom stereocenters. The molecule has 1 saturated heterocycles. The molecule has 3 heterocycles. The third-order valence-corrected chi connectivity index (χ3v) is 8.00. The highest BCUT2D eigenvalue weighted by Gasteiger charge is 2.45. The summed E-state index contributed by atoms with van der Waals surface area (Å²) in [4.78, 5) is 65.8. The van der Waals surface area contributed by atoms with Gasteiger partial charge in [0.2, 0.25) is 13.7 Å². The highest BCUT2D eigenvalue weighted by Crippen LogP contribution is 2.55. The second-order valence-electron chi connectivity index (χ2n) is 6.24. The molecule has 0 radical (unpaired) electrons. The molecule has 2 aromatic heterocycles. The first-order valence-electron chi connectivity index (χ1n) is 8.12. The summed E-state index contributed by atoms with van der Waals surface area (Å²) in [5, 5.41) is 20.3. The van der Waals surface area contributed by atoms with E-state index in [2.05, 4.69) is 23.8 Å². The lowest BCUT2D eigenvalue weighted by molar-refractivity contribution is -0.317. The van der Waals surface area contributed by atoms with E-state index in [1.165, 1.54) is 0 Å². The number of nitrogen functional groups attached to an aromatic ring is 1. The Morgan fingerprint density at radius 3 is 2.53 bits per heavy atom. The maximum Gasteiger partial charge on any atom is 0.280 e. The molecule has 0 aliphatic carbocycles. The van der Waals surface area contributed by atoms with E-state index in [4.69, 9.17) is 10.5 Å². The average molecular weight is 518 g/mol. The minimum Gasteiger partial charge on any atom is -0.799 e. The number of nitrogens with two attached hydrogens (primary N) is 1. The highest BCUT2D eigenvalue weighted by molar-refractivity contribution is 7.68. The quantitative estimate of drug-likeness (QED) is 0.204. The molecule has 3 rings (SSSR count). The standard InChI is InChI=1S/C10H17N6O13P3/c11-10-13-7-4(8(19)14-10)12-2-16(7)9-6(18)5(17)3(28-9)1-27-32(25,26)29-31(23,24)15-30(20,21)22/h2-3,5-6,9,17-18H,1H2,(H,25,26)(H3,11,13,14,19)(H4,15,20,21,22,23,24)/p-4/t3-,5-,6-,9-/m1/s1. The number of hydrogen-bond donors (Lipinski definition) is 5. The lowest BCUT2D eigenvalue weighted by Gasteiger charge is -2.39. The summed E-state index contributed by atoms with van der Waals surface area (Å²) in [6.45, 7) is -1.11. The Morgan fingerprint density at radius 1 is 1.25 bits per heavy atom. The van der Waals surface area contributed by atoms with Gasteiger partial charge in [-0.1, -0.05) is 0 Å². The Kier molecular flexibility index (Phi) is 6.78. The van der Waals surface area contributed by atoms with Gasteiger partial charge < -0.3 is 49.3 Å². The van der Waals surface area contributed by atoms with Gasteiger partial charge in [0.1, 0.15) is 18.3 Å². The van der Waals surface area contributed by atoms with Gasteiger partial charge in [0.05, 0.1) is 12.9 Å². The molecule has 0 spiro atoms. The summed E-state index contributed by atoms with van der Waals surface area (Å²) in [7, 11) is -17.6. The fourth-order valence-corrected chi connectivity index (χ4v) is 5.96. The molecule has 180 valence electrons. The molecule has 1 aliphatic rings. The van der Waals surface area contributed by atoms with Crippen molar-refractivity contribution in [3.05, 3.63) is 16.7 Å². The molecule has 32 heavy (non-hydrogen) atoms. The molecular formula is C10H13N6O13P3-4. The van der Waals surface area contributed by atoms with Gasteiger partial charge in [-0.05, 0) is 0 Å². The number of aromatic nitrogens is 4. The van der Waals surface area contributed by atoms with Crippen LogP contribution in [0.4, 0.5) is 5.95 Å². The van der Waals surface area contributed by atoms with Crippen molar-refractivity contribution in [2.45, 2.75) is 24.5 Å². The van der Waals surface area contributed by atoms with Crippen molar-refractivity contribution >= 4 is 40.4 Å². The molecule has 19 nitrogen and oxygen atoms in total. The Balaban J connectivity index is 1.72. The number of aromatic amines is 1. The van der Waals surface area contributed by atoms with Gasteiger partial charge in [0.15, 0.2) is 17.4 Å². The molecule has 0 bridgehead atoms. The zero-order chi connectivity index (χ0) is 24.1. The predicted octanol–water partition coefficient (Wildman–Crippen LogP) is -5.29. The predicted molar refractivity (Wildman–Crippen MR) is 91.5 cm³/mol. The monoisotopic (exact) mass is 518 g/mol. The van der Waals surface area contributed by atoms with E-state index < -0.39 is 60.0 Å². The molecule has 2 aromatic rings. The van der Waals surface area contributed by atoms with Crippen LogP contribution in [0.15, 0.2) is 11.1 Å². The number of aliphatic hydroxyl groups excluding tert-OH is 2. The van der Waals surface area contributed by atoms with E-state index in [0.29, 0.717) is 4.86 Å². The maximum absolute atomic E-state index is 11.8. The summed E-state index contributed by atoms with van der Waals surface area (Å²) >= 11 is 0. The average Bonchev–Trinajstić information content (AvgIpc) is 3.12. The number of nitrogens with one attached hydrogen (secondary N) is 2. The smallest absolute Gasteiger partial charge is 0.280 e. The second-order valence-corrected chi connectivity index (χ2v) is 10.8. The van der Waals surface area contributed by atoms with Crippen molar-refractivity contribution in [2.24, 2.45) is 0 Å². The van der Waals surface area contributed by atoms with Gasteiger partial charge in [0, 0.05) is 7.75 Å². The number of anilines is 1. The summed E-state index contributed by atoms with van der Waals surface area (Å²) in [5.74, 6) is -0.294. The Labute approximate surface area is 176 Å². The second kappa shape index (κ2) is 8.66. The van der Waals surface area contributed by atoms with E-state index in [1.54, 1.807) is 0 Å². The minimum atomic E-state index is -5.92. The number of ether oxygens (including phenoxy) is 1. The fourth-order valence-electron chi connectivity index (χ4n) is 2.71. The van der Waals surface area contributed by atoms with Gasteiger partial charge in [-0.3, -0.25) is 27.8 Å². The number of rotatable bonds is 8. The van der Waals surface area contributed by atoms with Gasteiger partial charge in [0.25, 0.3) is 13.4 Å². The summed E-state index contributed by atoms with van der Waals surface area (Å²) < 4.78 is 47.4. The third-order valence-electron chi connectivity index (χ3n) is 3.91. The van der Waals surface area contributed by atoms with Gasteiger partial charge in [-0.2, -0.15) is 4.98 Å². The lowest BCUT2D eigenvalue weighted by atomic mass is 10.1. The maximum atomic E-state index is 11.8. The third kappa shape index (κ3) is 5.67. The molecule has 0 amide bonds. The van der Waals surface area contributed by atoms with Crippen LogP contribution in [0.3, 0.4) is 0 Å². The van der Waals surface area contributed by atoms with E-state index in [9.17, 15) is 48.3 Å². The Morgan fingerprint density at radius 2 is 1.91 bits per heavy atom. The summed E-state index contributed by atoms with van der Waals surface area (Å²) in [5.41, 5.74) is 4.42. The normalized spacial score (nSPS) is 27.9. The number of H-pyrrole nitrogens is 1. The Hall–Kier alpha value is -1.56. The zero-order valence-electron chi connectivity index (χ0n) is 15.2. The van der Waals surface area contributed by atoms with Crippen LogP contribution in [0.2, 0.25) is 0 Å². The first-order valence-corrected chi connectivity index (χ1v) is 12.7. The first-order chi connectivity index (χ1) is 14.6. The molecule has 6 N–H and O–H groups in total. The van der Waals surface area contributed by atoms with Crippen LogP contribution in [0.25, 0.3) is 11.2 Å². The van der Waals surface area contributed by atoms with Crippen LogP contribution in [0.1, 0.15) is 6.23 Å². The topological polar surface area (TPSA) is 313 Å². The van der Waals surface area contributed by atoms with Crippen LogP contribution in [-0.2, 0) is 27.3 Å². The molecule has 1 aliphatic heterocycles. The van der Waals surface area contributed by atoms with E-state index in [-0.39, 0.29) is 17.1 Å². The van der Waals surface area contributed by atoms with Crippen molar-refractivity contribution in [3.63, 3.8) is 0 Å². The van der Waals surface area contributed by atoms with Crippen LogP contribution in [0, 0.1) is 0 Å².